The van der Waals surface area contributed by atoms with Crippen molar-refractivity contribution in [3.8, 4) is 0 Å². The summed E-state index contributed by atoms with van der Waals surface area (Å²) in [4.78, 5) is 0.0318. The summed E-state index contributed by atoms with van der Waals surface area (Å²) >= 11 is 0. The molecule has 21 heavy (non-hydrogen) atoms. The van der Waals surface area contributed by atoms with Crippen LogP contribution in [0.25, 0.3) is 0 Å². The maximum absolute atomic E-state index is 12.6. The Morgan fingerprint density at radius 2 is 1.67 bits per heavy atom. The molecule has 0 aliphatic carbocycles. The van der Waals surface area contributed by atoms with Crippen LogP contribution in [-0.4, -0.2) is 18.2 Å². The average Bonchev–Trinajstić information content (AvgIpc) is 2.58. The molecule has 0 saturated heterocycles. The molecule has 2 rings (SSSR count). The molecule has 0 saturated carbocycles. The molecule has 0 aliphatic heterocycles. The molecule has 6 nitrogen and oxygen atoms in total. The van der Waals surface area contributed by atoms with Gasteiger partial charge >= 0.3 is 0 Å². The van der Waals surface area contributed by atoms with E-state index in [0.29, 0.717) is 11.4 Å². The molecule has 0 unspecified atom stereocenters. The van der Waals surface area contributed by atoms with Crippen LogP contribution in [0, 0.1) is 27.7 Å². The molecule has 0 fully saturated rings. The van der Waals surface area contributed by atoms with E-state index in [4.69, 9.17) is 5.73 Å². The quantitative estimate of drug-likeness (QED) is 0.908. The number of hydrogen-bond acceptors (Lipinski definition) is 4. The number of nitrogens with one attached hydrogen (secondary N) is 1. The largest absolute Gasteiger partial charge is 0.381 e. The number of nitrogens with two attached hydrogens (primary N) is 1. The van der Waals surface area contributed by atoms with E-state index in [9.17, 15) is 8.42 Å². The standard InChI is InChI=1S/C14H20N4O2S/c1-8-6-9(2)12(10(3)7-8)17-21(19,20)13-11(4)18(5)16-14(13)15/h6-7,17H,1-5H3,(H2,15,16). The molecular weight excluding hydrogens is 288 g/mol. The maximum Gasteiger partial charge on any atom is 0.267 e. The van der Waals surface area contributed by atoms with E-state index in [2.05, 4.69) is 9.82 Å². The van der Waals surface area contributed by atoms with Gasteiger partial charge in [0.1, 0.15) is 0 Å². The number of aromatic nitrogens is 2. The van der Waals surface area contributed by atoms with Crippen molar-refractivity contribution < 1.29 is 8.42 Å². The zero-order chi connectivity index (χ0) is 15.9. The third-order valence-corrected chi connectivity index (χ3v) is 5.00. The van der Waals surface area contributed by atoms with Gasteiger partial charge in [0.15, 0.2) is 10.7 Å². The van der Waals surface area contributed by atoms with Gasteiger partial charge in [-0.3, -0.25) is 9.40 Å². The number of anilines is 2. The first kappa shape index (κ1) is 15.4. The van der Waals surface area contributed by atoms with E-state index < -0.39 is 10.0 Å². The molecule has 7 heteroatoms. The molecule has 1 heterocycles. The lowest BCUT2D eigenvalue weighted by atomic mass is 10.1. The lowest BCUT2D eigenvalue weighted by molar-refractivity contribution is 0.600. The second-order valence-corrected chi connectivity index (χ2v) is 6.92. The summed E-state index contributed by atoms with van der Waals surface area (Å²) in [6.07, 6.45) is 0. The lowest BCUT2D eigenvalue weighted by Crippen LogP contribution is -2.17. The molecule has 0 amide bonds. The molecule has 1 aromatic heterocycles. The van der Waals surface area contributed by atoms with E-state index in [-0.39, 0.29) is 10.7 Å². The molecule has 0 bridgehead atoms. The summed E-state index contributed by atoms with van der Waals surface area (Å²) < 4.78 is 29.3. The fourth-order valence-electron chi connectivity index (χ4n) is 2.47. The van der Waals surface area contributed by atoms with Gasteiger partial charge in [0.2, 0.25) is 0 Å². The van der Waals surface area contributed by atoms with Gasteiger partial charge in [-0.05, 0) is 38.8 Å². The van der Waals surface area contributed by atoms with Gasteiger partial charge in [-0.2, -0.15) is 5.10 Å². The number of hydrogen-bond donors (Lipinski definition) is 2. The Hall–Kier alpha value is -2.02. The first-order valence-electron chi connectivity index (χ1n) is 6.53. The molecule has 114 valence electrons. The van der Waals surface area contributed by atoms with Crippen LogP contribution < -0.4 is 10.5 Å². The minimum atomic E-state index is -3.77. The van der Waals surface area contributed by atoms with Gasteiger partial charge in [0, 0.05) is 7.05 Å². The highest BCUT2D eigenvalue weighted by atomic mass is 32.2. The van der Waals surface area contributed by atoms with Crippen molar-refractivity contribution in [2.45, 2.75) is 32.6 Å². The Labute approximate surface area is 125 Å². The third-order valence-electron chi connectivity index (χ3n) is 3.49. The molecule has 2 aromatic rings. The normalized spacial score (nSPS) is 11.7. The minimum Gasteiger partial charge on any atom is -0.381 e. The molecule has 0 spiro atoms. The number of benzene rings is 1. The molecule has 0 aliphatic rings. The number of sulfonamides is 1. The predicted octanol–water partition coefficient (Wildman–Crippen LogP) is 2.04. The summed E-state index contributed by atoms with van der Waals surface area (Å²) in [6.45, 7) is 7.39. The Bertz CT molecular complexity index is 784. The monoisotopic (exact) mass is 308 g/mol. The third kappa shape index (κ3) is 2.73. The molecule has 3 N–H and O–H groups in total. The van der Waals surface area contributed by atoms with Crippen LogP contribution in [0.5, 0.6) is 0 Å². The summed E-state index contributed by atoms with van der Waals surface area (Å²) in [5, 5.41) is 3.95. The summed E-state index contributed by atoms with van der Waals surface area (Å²) in [6, 6.07) is 3.87. The van der Waals surface area contributed by atoms with E-state index in [1.54, 1.807) is 14.0 Å². The fourth-order valence-corrected chi connectivity index (χ4v) is 4.00. The first-order chi connectivity index (χ1) is 9.63. The second-order valence-electron chi connectivity index (χ2n) is 5.30. The van der Waals surface area contributed by atoms with Gasteiger partial charge in [-0.25, -0.2) is 8.42 Å². The number of aryl methyl sites for hydroxylation is 4. The second kappa shape index (κ2) is 5.07. The van der Waals surface area contributed by atoms with Gasteiger partial charge in [0.25, 0.3) is 10.0 Å². The smallest absolute Gasteiger partial charge is 0.267 e. The zero-order valence-electron chi connectivity index (χ0n) is 12.9. The highest BCUT2D eigenvalue weighted by Crippen LogP contribution is 2.28. The highest BCUT2D eigenvalue weighted by molar-refractivity contribution is 7.93. The van der Waals surface area contributed by atoms with Crippen LogP contribution in [0.2, 0.25) is 0 Å². The summed E-state index contributed by atoms with van der Waals surface area (Å²) in [5.41, 5.74) is 9.65. The van der Waals surface area contributed by atoms with Gasteiger partial charge in [0.05, 0.1) is 11.4 Å². The van der Waals surface area contributed by atoms with Crippen molar-refractivity contribution in [3.05, 3.63) is 34.5 Å². The fraction of sp³-hybridized carbons (Fsp3) is 0.357. The maximum atomic E-state index is 12.6. The summed E-state index contributed by atoms with van der Waals surface area (Å²) in [7, 11) is -2.11. The number of nitrogen functional groups attached to an aromatic ring is 1. The van der Waals surface area contributed by atoms with Gasteiger partial charge in [-0.15, -0.1) is 0 Å². The van der Waals surface area contributed by atoms with Crippen LogP contribution in [0.4, 0.5) is 11.5 Å². The Morgan fingerprint density at radius 1 is 1.14 bits per heavy atom. The van der Waals surface area contributed by atoms with Crippen LogP contribution in [0.3, 0.4) is 0 Å². The molecular formula is C14H20N4O2S. The van der Waals surface area contributed by atoms with E-state index in [0.717, 1.165) is 16.7 Å². The molecule has 1 aromatic carbocycles. The van der Waals surface area contributed by atoms with Crippen LogP contribution in [0.15, 0.2) is 17.0 Å². The van der Waals surface area contributed by atoms with E-state index >= 15 is 0 Å². The number of nitrogens with zero attached hydrogens (tertiary/aromatic N) is 2. The Kier molecular flexibility index (Phi) is 3.71. The van der Waals surface area contributed by atoms with Gasteiger partial charge in [-0.1, -0.05) is 17.7 Å². The number of rotatable bonds is 3. The minimum absolute atomic E-state index is 0.00455. The van der Waals surface area contributed by atoms with Crippen molar-refractivity contribution in [2.75, 3.05) is 10.5 Å². The highest BCUT2D eigenvalue weighted by Gasteiger charge is 2.25. The van der Waals surface area contributed by atoms with Crippen LogP contribution in [-0.2, 0) is 17.1 Å². The van der Waals surface area contributed by atoms with Crippen molar-refractivity contribution in [1.29, 1.82) is 0 Å². The van der Waals surface area contributed by atoms with Gasteiger partial charge < -0.3 is 5.73 Å². The van der Waals surface area contributed by atoms with Crippen molar-refractivity contribution in [3.63, 3.8) is 0 Å². The lowest BCUT2D eigenvalue weighted by Gasteiger charge is -2.14. The average molecular weight is 308 g/mol. The zero-order valence-corrected chi connectivity index (χ0v) is 13.7. The predicted molar refractivity (Wildman–Crippen MR) is 83.8 cm³/mol. The molecule has 0 radical (unpaired) electrons. The topological polar surface area (TPSA) is 90.0 Å². The van der Waals surface area contributed by atoms with Crippen molar-refractivity contribution in [2.24, 2.45) is 7.05 Å². The van der Waals surface area contributed by atoms with E-state index in [1.165, 1.54) is 4.68 Å². The van der Waals surface area contributed by atoms with Crippen LogP contribution in [0.1, 0.15) is 22.4 Å². The first-order valence-corrected chi connectivity index (χ1v) is 8.01. The SMILES string of the molecule is Cc1cc(C)c(NS(=O)(=O)c2c(N)nn(C)c2C)c(C)c1. The Balaban J connectivity index is 2.53. The van der Waals surface area contributed by atoms with Crippen LogP contribution >= 0.6 is 0 Å². The Morgan fingerprint density at radius 3 is 2.10 bits per heavy atom. The molecule has 0 atom stereocenters. The van der Waals surface area contributed by atoms with E-state index in [1.807, 2.05) is 32.9 Å². The summed E-state index contributed by atoms with van der Waals surface area (Å²) in [5.74, 6) is 0.00455. The van der Waals surface area contributed by atoms with Crippen molar-refractivity contribution >= 4 is 21.5 Å². The van der Waals surface area contributed by atoms with Crippen molar-refractivity contribution in [1.82, 2.24) is 9.78 Å².